The van der Waals surface area contributed by atoms with Gasteiger partial charge in [0.25, 0.3) is 5.88 Å². The van der Waals surface area contributed by atoms with Crippen LogP contribution in [-0.4, -0.2) is 31.8 Å². The molecule has 1 aromatic heterocycles. The lowest BCUT2D eigenvalue weighted by molar-refractivity contribution is -0.0501. The fourth-order valence-electron chi connectivity index (χ4n) is 2.05. The van der Waals surface area contributed by atoms with Gasteiger partial charge in [-0.3, -0.25) is 4.79 Å². The number of alkyl halides is 3. The van der Waals surface area contributed by atoms with E-state index in [1.165, 1.54) is 0 Å². The summed E-state index contributed by atoms with van der Waals surface area (Å²) < 4.78 is 68.6. The molecule has 0 atom stereocenters. The molecule has 128 valence electrons. The predicted octanol–water partition coefficient (Wildman–Crippen LogP) is 2.79. The monoisotopic (exact) mass is 379 g/mol. The van der Waals surface area contributed by atoms with Crippen molar-refractivity contribution in [3.8, 4) is 22.2 Å². The fourth-order valence-corrected chi connectivity index (χ4v) is 3.33. The van der Waals surface area contributed by atoms with E-state index in [0.717, 1.165) is 16.9 Å². The van der Waals surface area contributed by atoms with Crippen molar-refractivity contribution in [1.82, 2.24) is 4.98 Å². The van der Waals surface area contributed by atoms with Crippen LogP contribution in [0.15, 0.2) is 18.2 Å². The number of ether oxygens (including phenoxy) is 1. The van der Waals surface area contributed by atoms with E-state index in [2.05, 4.69) is 9.17 Å². The highest BCUT2D eigenvalue weighted by Gasteiger charge is 2.49. The topological polar surface area (TPSA) is 82.6 Å². The van der Waals surface area contributed by atoms with Crippen LogP contribution in [0.4, 0.5) is 13.2 Å². The molecule has 0 N–H and O–H groups in total. The van der Waals surface area contributed by atoms with Gasteiger partial charge in [0.1, 0.15) is 15.6 Å². The van der Waals surface area contributed by atoms with Crippen molar-refractivity contribution >= 4 is 27.7 Å². The molecule has 1 aliphatic rings. The van der Waals surface area contributed by atoms with Crippen LogP contribution in [0.25, 0.3) is 10.6 Å². The highest BCUT2D eigenvalue weighted by atomic mass is 32.2. The Morgan fingerprint density at radius 3 is 2.75 bits per heavy atom. The zero-order valence-electron chi connectivity index (χ0n) is 11.7. The Bertz CT molecular complexity index is 905. The van der Waals surface area contributed by atoms with Crippen molar-refractivity contribution in [2.75, 3.05) is 6.61 Å². The van der Waals surface area contributed by atoms with Crippen molar-refractivity contribution in [3.63, 3.8) is 0 Å². The number of aromatic nitrogens is 1. The minimum atomic E-state index is -5.90. The Kier molecular flexibility index (Phi) is 4.00. The van der Waals surface area contributed by atoms with Gasteiger partial charge >= 0.3 is 15.6 Å². The third-order valence-electron chi connectivity index (χ3n) is 3.14. The van der Waals surface area contributed by atoms with Gasteiger partial charge in [0, 0.05) is 12.0 Å². The summed E-state index contributed by atoms with van der Waals surface area (Å²) in [6.45, 7) is 0.522. The van der Waals surface area contributed by atoms with Crippen LogP contribution in [0.1, 0.15) is 15.2 Å². The minimum Gasteiger partial charge on any atom is -0.493 e. The molecule has 6 nitrogen and oxygen atoms in total. The molecule has 0 amide bonds. The number of carbonyl (C=O) groups excluding carboxylic acids is 1. The number of halogens is 3. The molecular formula is C13H8F3NO5S2. The number of hydrogen-bond donors (Lipinski definition) is 0. The first kappa shape index (κ1) is 16.7. The molecular weight excluding hydrogens is 371 g/mol. The fraction of sp³-hybridized carbons (Fsp3) is 0.231. The summed E-state index contributed by atoms with van der Waals surface area (Å²) in [7, 11) is -5.90. The normalized spacial score (nSPS) is 14.1. The summed E-state index contributed by atoms with van der Waals surface area (Å²) in [5, 5.41) is 0.166. The first-order chi connectivity index (χ1) is 11.2. The Morgan fingerprint density at radius 1 is 1.33 bits per heavy atom. The molecule has 0 bridgehead atoms. The molecule has 3 rings (SSSR count). The number of carbonyl (C=O) groups is 1. The SMILES string of the molecule is O=Cc1sc(-c2ccc3c(c2)CCO3)nc1OS(=O)(=O)C(F)(F)F. The van der Waals surface area contributed by atoms with Gasteiger partial charge in [-0.2, -0.15) is 26.6 Å². The number of hydrogen-bond acceptors (Lipinski definition) is 7. The summed E-state index contributed by atoms with van der Waals surface area (Å²) in [6.07, 6.45) is 0.861. The van der Waals surface area contributed by atoms with E-state index in [0.29, 0.717) is 24.3 Å². The van der Waals surface area contributed by atoms with E-state index in [4.69, 9.17) is 4.74 Å². The summed E-state index contributed by atoms with van der Waals surface area (Å²) >= 11 is 0.733. The van der Waals surface area contributed by atoms with Gasteiger partial charge in [-0.1, -0.05) is 0 Å². The minimum absolute atomic E-state index is 0.166. The van der Waals surface area contributed by atoms with Gasteiger partial charge in [-0.05, 0) is 23.8 Å². The average molecular weight is 379 g/mol. The smallest absolute Gasteiger partial charge is 0.493 e. The summed E-state index contributed by atoms with van der Waals surface area (Å²) in [6, 6.07) is 5.00. The van der Waals surface area contributed by atoms with E-state index in [1.807, 2.05) is 0 Å². The zero-order chi connectivity index (χ0) is 17.5. The quantitative estimate of drug-likeness (QED) is 0.462. The molecule has 1 aliphatic heterocycles. The van der Waals surface area contributed by atoms with Crippen molar-refractivity contribution in [1.29, 1.82) is 0 Å². The van der Waals surface area contributed by atoms with Crippen molar-refractivity contribution in [3.05, 3.63) is 28.6 Å². The van der Waals surface area contributed by atoms with Crippen molar-refractivity contribution < 1.29 is 35.3 Å². The number of rotatable bonds is 4. The molecule has 0 saturated heterocycles. The molecule has 0 radical (unpaired) electrons. The van der Waals surface area contributed by atoms with E-state index in [-0.39, 0.29) is 16.2 Å². The lowest BCUT2D eigenvalue weighted by Crippen LogP contribution is -2.28. The Labute approximate surface area is 138 Å². The van der Waals surface area contributed by atoms with Crippen LogP contribution in [0.3, 0.4) is 0 Å². The number of fused-ring (bicyclic) bond motifs is 1. The zero-order valence-corrected chi connectivity index (χ0v) is 13.3. The molecule has 0 aliphatic carbocycles. The number of benzene rings is 1. The lowest BCUT2D eigenvalue weighted by Gasteiger charge is -2.07. The van der Waals surface area contributed by atoms with E-state index < -0.39 is 21.5 Å². The second kappa shape index (κ2) is 5.74. The maximum Gasteiger partial charge on any atom is 0.534 e. The molecule has 24 heavy (non-hydrogen) atoms. The van der Waals surface area contributed by atoms with Crippen LogP contribution in [-0.2, 0) is 16.5 Å². The number of thiazole rings is 1. The van der Waals surface area contributed by atoms with Gasteiger partial charge in [-0.15, -0.1) is 11.3 Å². The van der Waals surface area contributed by atoms with E-state index in [9.17, 15) is 26.4 Å². The van der Waals surface area contributed by atoms with Crippen LogP contribution in [0.5, 0.6) is 11.6 Å². The second-order valence-electron chi connectivity index (χ2n) is 4.71. The van der Waals surface area contributed by atoms with Crippen LogP contribution in [0.2, 0.25) is 0 Å². The molecule has 0 spiro atoms. The van der Waals surface area contributed by atoms with Gasteiger partial charge in [-0.25, -0.2) is 0 Å². The van der Waals surface area contributed by atoms with E-state index in [1.54, 1.807) is 18.2 Å². The Hall–Kier alpha value is -2.14. The Balaban J connectivity index is 1.98. The summed E-state index contributed by atoms with van der Waals surface area (Å²) in [4.78, 5) is 14.4. The largest absolute Gasteiger partial charge is 0.534 e. The molecule has 2 aromatic rings. The third-order valence-corrected chi connectivity index (χ3v) is 5.09. The number of aldehydes is 1. The van der Waals surface area contributed by atoms with Gasteiger partial charge in [0.05, 0.1) is 6.61 Å². The molecule has 1 aromatic carbocycles. The molecule has 11 heteroatoms. The van der Waals surface area contributed by atoms with Crippen LogP contribution < -0.4 is 8.92 Å². The molecule has 2 heterocycles. The highest BCUT2D eigenvalue weighted by Crippen LogP contribution is 2.37. The predicted molar refractivity (Wildman–Crippen MR) is 77.7 cm³/mol. The lowest BCUT2D eigenvalue weighted by atomic mass is 10.1. The average Bonchev–Trinajstić information content (AvgIpc) is 3.10. The highest BCUT2D eigenvalue weighted by molar-refractivity contribution is 7.88. The first-order valence-electron chi connectivity index (χ1n) is 6.44. The maximum absolute atomic E-state index is 12.4. The van der Waals surface area contributed by atoms with Crippen molar-refractivity contribution in [2.24, 2.45) is 0 Å². The molecule has 0 unspecified atom stereocenters. The second-order valence-corrected chi connectivity index (χ2v) is 7.28. The van der Waals surface area contributed by atoms with Gasteiger partial charge in [0.15, 0.2) is 6.29 Å². The van der Waals surface area contributed by atoms with Crippen LogP contribution in [0, 0.1) is 0 Å². The maximum atomic E-state index is 12.4. The van der Waals surface area contributed by atoms with Gasteiger partial charge < -0.3 is 8.92 Å². The first-order valence-corrected chi connectivity index (χ1v) is 8.66. The van der Waals surface area contributed by atoms with E-state index >= 15 is 0 Å². The number of nitrogens with zero attached hydrogens (tertiary/aromatic N) is 1. The summed E-state index contributed by atoms with van der Waals surface area (Å²) in [5.41, 5.74) is -4.20. The van der Waals surface area contributed by atoms with Crippen molar-refractivity contribution in [2.45, 2.75) is 11.9 Å². The standard InChI is InChI=1S/C13H8F3NO5S2/c14-13(15,16)24(19,20)22-11-10(6-18)23-12(17-11)8-1-2-9-7(5-8)3-4-21-9/h1-2,5-6H,3-4H2. The molecule has 0 fully saturated rings. The van der Waals surface area contributed by atoms with Crippen LogP contribution >= 0.6 is 11.3 Å². The summed E-state index contributed by atoms with van der Waals surface area (Å²) in [5.74, 6) is -0.193. The van der Waals surface area contributed by atoms with Gasteiger partial charge in [0.2, 0.25) is 0 Å². The Morgan fingerprint density at radius 2 is 2.08 bits per heavy atom. The molecule has 0 saturated carbocycles. The third kappa shape index (κ3) is 2.96.